The van der Waals surface area contributed by atoms with E-state index in [2.05, 4.69) is 9.71 Å². The number of nitro benzene ring substituents is 1. The summed E-state index contributed by atoms with van der Waals surface area (Å²) in [6.45, 7) is 1.88. The molecular weight excluding hydrogens is 362 g/mol. The van der Waals surface area contributed by atoms with E-state index in [0.29, 0.717) is 11.3 Å². The zero-order chi connectivity index (χ0) is 18.0. The summed E-state index contributed by atoms with van der Waals surface area (Å²) >= 11 is 1.14. The highest BCUT2D eigenvalue weighted by molar-refractivity contribution is 7.93. The molecule has 0 radical (unpaired) electrons. The van der Waals surface area contributed by atoms with Gasteiger partial charge in [0, 0.05) is 23.1 Å². The Hall–Kier alpha value is -2.78. The molecule has 0 aliphatic carbocycles. The number of aromatic nitrogens is 1. The van der Waals surface area contributed by atoms with E-state index in [4.69, 9.17) is 0 Å². The fourth-order valence-electron chi connectivity index (χ4n) is 2.10. The fraction of sp³-hybridized carbons (Fsp3) is 0.0625. The van der Waals surface area contributed by atoms with Crippen LogP contribution in [0.5, 0.6) is 0 Å². The van der Waals surface area contributed by atoms with E-state index < -0.39 is 14.9 Å². The lowest BCUT2D eigenvalue weighted by Gasteiger charge is -2.05. The van der Waals surface area contributed by atoms with Gasteiger partial charge in [0.25, 0.3) is 15.7 Å². The number of nitrogens with zero attached hydrogens (tertiary/aromatic N) is 2. The van der Waals surface area contributed by atoms with Crippen LogP contribution in [0.15, 0.2) is 58.8 Å². The third-order valence-electron chi connectivity index (χ3n) is 3.43. The van der Waals surface area contributed by atoms with Crippen molar-refractivity contribution < 1.29 is 13.3 Å². The van der Waals surface area contributed by atoms with Gasteiger partial charge in [0.1, 0.15) is 0 Å². The number of hydrogen-bond donors (Lipinski definition) is 1. The first-order valence-corrected chi connectivity index (χ1v) is 9.51. The van der Waals surface area contributed by atoms with Gasteiger partial charge in [0.05, 0.1) is 15.5 Å². The van der Waals surface area contributed by atoms with Gasteiger partial charge in [-0.3, -0.25) is 14.8 Å². The van der Waals surface area contributed by atoms with Gasteiger partial charge in [0.15, 0.2) is 5.13 Å². The van der Waals surface area contributed by atoms with Gasteiger partial charge in [-0.05, 0) is 31.2 Å². The first-order valence-electron chi connectivity index (χ1n) is 7.15. The monoisotopic (exact) mass is 375 g/mol. The molecule has 1 heterocycles. The Bertz CT molecular complexity index is 1010. The minimum Gasteiger partial charge on any atom is -0.258 e. The third kappa shape index (κ3) is 3.83. The maximum absolute atomic E-state index is 12.4. The van der Waals surface area contributed by atoms with Gasteiger partial charge in [0.2, 0.25) is 0 Å². The maximum atomic E-state index is 12.4. The molecule has 1 aromatic heterocycles. The van der Waals surface area contributed by atoms with E-state index >= 15 is 0 Å². The predicted molar refractivity (Wildman–Crippen MR) is 96.2 cm³/mol. The maximum Gasteiger partial charge on any atom is 0.269 e. The second-order valence-electron chi connectivity index (χ2n) is 5.26. The molecule has 128 valence electrons. The highest BCUT2D eigenvalue weighted by Gasteiger charge is 2.16. The lowest BCUT2D eigenvalue weighted by Crippen LogP contribution is -2.12. The SMILES string of the molecule is Cc1ccc(S(=O)(=O)Nc2nc(-c3ccc([N+](=O)[O-])cc3)cs2)cc1. The molecule has 0 aliphatic rings. The highest BCUT2D eigenvalue weighted by Crippen LogP contribution is 2.27. The van der Waals surface area contributed by atoms with Crippen molar-refractivity contribution in [1.29, 1.82) is 0 Å². The van der Waals surface area contributed by atoms with Gasteiger partial charge >= 0.3 is 0 Å². The Morgan fingerprint density at radius 3 is 2.32 bits per heavy atom. The van der Waals surface area contributed by atoms with E-state index in [0.717, 1.165) is 16.9 Å². The van der Waals surface area contributed by atoms with Crippen molar-refractivity contribution in [3.63, 3.8) is 0 Å². The largest absolute Gasteiger partial charge is 0.269 e. The predicted octanol–water partition coefficient (Wildman–Crippen LogP) is 3.83. The van der Waals surface area contributed by atoms with Gasteiger partial charge in [-0.15, -0.1) is 11.3 Å². The van der Waals surface area contributed by atoms with E-state index in [1.165, 1.54) is 24.3 Å². The van der Waals surface area contributed by atoms with Crippen LogP contribution < -0.4 is 4.72 Å². The Kier molecular flexibility index (Phi) is 4.51. The molecule has 0 bridgehead atoms. The lowest BCUT2D eigenvalue weighted by atomic mass is 10.1. The van der Waals surface area contributed by atoms with E-state index in [9.17, 15) is 18.5 Å². The summed E-state index contributed by atoms with van der Waals surface area (Å²) in [7, 11) is -3.71. The van der Waals surface area contributed by atoms with Gasteiger partial charge in [-0.2, -0.15) is 0 Å². The molecule has 25 heavy (non-hydrogen) atoms. The van der Waals surface area contributed by atoms with Crippen molar-refractivity contribution in [2.45, 2.75) is 11.8 Å². The minimum atomic E-state index is -3.71. The van der Waals surface area contributed by atoms with E-state index in [-0.39, 0.29) is 15.7 Å². The van der Waals surface area contributed by atoms with Crippen LogP contribution in [-0.2, 0) is 10.0 Å². The van der Waals surface area contributed by atoms with Crippen LogP contribution in [-0.4, -0.2) is 18.3 Å². The summed E-state index contributed by atoms with van der Waals surface area (Å²) in [6, 6.07) is 12.4. The second-order valence-corrected chi connectivity index (χ2v) is 7.80. The van der Waals surface area contributed by atoms with Crippen molar-refractivity contribution in [3.05, 3.63) is 69.6 Å². The number of thiazole rings is 1. The fourth-order valence-corrected chi connectivity index (χ4v) is 4.07. The number of nitrogens with one attached hydrogen (secondary N) is 1. The summed E-state index contributed by atoms with van der Waals surface area (Å²) in [6.07, 6.45) is 0. The quantitative estimate of drug-likeness (QED) is 0.539. The second kappa shape index (κ2) is 6.61. The normalized spacial score (nSPS) is 11.2. The van der Waals surface area contributed by atoms with E-state index in [1.54, 1.807) is 29.6 Å². The molecule has 0 saturated carbocycles. The standard InChI is InChI=1S/C16H13N3O4S2/c1-11-2-8-14(9-3-11)25(22,23)18-16-17-15(10-24-16)12-4-6-13(7-5-12)19(20)21/h2-10H,1H3,(H,17,18). The summed E-state index contributed by atoms with van der Waals surface area (Å²) in [5.74, 6) is 0. The summed E-state index contributed by atoms with van der Waals surface area (Å²) < 4.78 is 27.2. The molecule has 0 fully saturated rings. The van der Waals surface area contributed by atoms with Crippen LogP contribution in [0.1, 0.15) is 5.56 Å². The Labute approximate surface area is 148 Å². The van der Waals surface area contributed by atoms with Crippen molar-refractivity contribution in [3.8, 4) is 11.3 Å². The van der Waals surface area contributed by atoms with Crippen molar-refractivity contribution in [2.24, 2.45) is 0 Å². The average Bonchev–Trinajstić information content (AvgIpc) is 3.03. The Morgan fingerprint density at radius 1 is 1.08 bits per heavy atom. The molecule has 3 aromatic rings. The zero-order valence-corrected chi connectivity index (χ0v) is 14.7. The van der Waals surface area contributed by atoms with Crippen LogP contribution >= 0.6 is 11.3 Å². The molecule has 0 unspecified atom stereocenters. The van der Waals surface area contributed by atoms with Crippen LogP contribution in [0.25, 0.3) is 11.3 Å². The van der Waals surface area contributed by atoms with Gasteiger partial charge in [-0.1, -0.05) is 17.7 Å². The number of rotatable bonds is 5. The Balaban J connectivity index is 1.81. The van der Waals surface area contributed by atoms with Crippen molar-refractivity contribution in [1.82, 2.24) is 4.98 Å². The number of anilines is 1. The number of sulfonamides is 1. The summed E-state index contributed by atoms with van der Waals surface area (Å²) in [5, 5.41) is 12.6. The summed E-state index contributed by atoms with van der Waals surface area (Å²) in [4.78, 5) is 14.6. The summed E-state index contributed by atoms with van der Waals surface area (Å²) in [5.41, 5.74) is 2.16. The molecule has 9 heteroatoms. The number of non-ortho nitro benzene ring substituents is 1. The van der Waals surface area contributed by atoms with Gasteiger partial charge in [-0.25, -0.2) is 13.4 Å². The topological polar surface area (TPSA) is 102 Å². The first-order chi connectivity index (χ1) is 11.8. The van der Waals surface area contributed by atoms with Crippen LogP contribution in [0.2, 0.25) is 0 Å². The van der Waals surface area contributed by atoms with Crippen molar-refractivity contribution in [2.75, 3.05) is 4.72 Å². The zero-order valence-electron chi connectivity index (χ0n) is 13.0. The first kappa shape index (κ1) is 17.1. The molecule has 2 aromatic carbocycles. The lowest BCUT2D eigenvalue weighted by molar-refractivity contribution is -0.384. The number of aryl methyl sites for hydroxylation is 1. The van der Waals surface area contributed by atoms with E-state index in [1.807, 2.05) is 6.92 Å². The molecule has 1 N–H and O–H groups in total. The molecule has 0 saturated heterocycles. The minimum absolute atomic E-state index is 0.0146. The molecule has 0 aliphatic heterocycles. The van der Waals surface area contributed by atoms with Gasteiger partial charge < -0.3 is 0 Å². The highest BCUT2D eigenvalue weighted by atomic mass is 32.2. The molecular formula is C16H13N3O4S2. The number of hydrogen-bond acceptors (Lipinski definition) is 6. The van der Waals surface area contributed by atoms with Crippen LogP contribution in [0.3, 0.4) is 0 Å². The molecule has 0 spiro atoms. The molecule has 7 nitrogen and oxygen atoms in total. The van der Waals surface area contributed by atoms with Crippen LogP contribution in [0.4, 0.5) is 10.8 Å². The average molecular weight is 375 g/mol. The third-order valence-corrected chi connectivity index (χ3v) is 5.67. The smallest absolute Gasteiger partial charge is 0.258 e. The molecule has 0 amide bonds. The number of nitro groups is 1. The van der Waals surface area contributed by atoms with Crippen LogP contribution in [0, 0.1) is 17.0 Å². The molecule has 0 atom stereocenters. The molecule has 3 rings (SSSR count). The number of benzene rings is 2. The Morgan fingerprint density at radius 2 is 1.72 bits per heavy atom. The van der Waals surface area contributed by atoms with Crippen molar-refractivity contribution >= 4 is 32.2 Å².